The van der Waals surface area contributed by atoms with Gasteiger partial charge in [0.1, 0.15) is 6.04 Å². The van der Waals surface area contributed by atoms with Crippen LogP contribution in [0.3, 0.4) is 0 Å². The van der Waals surface area contributed by atoms with E-state index in [9.17, 15) is 14.4 Å². The zero-order valence-electron chi connectivity index (χ0n) is 12.8. The number of likely N-dealkylation sites (N-methyl/N-ethyl adjacent to an activating group) is 1. The molecule has 1 aromatic rings. The molecule has 1 aromatic carbocycles. The highest BCUT2D eigenvalue weighted by molar-refractivity contribution is 6.30. The molecule has 1 heterocycles. The van der Waals surface area contributed by atoms with E-state index in [1.807, 2.05) is 0 Å². The Labute approximate surface area is 139 Å². The molecule has 23 heavy (non-hydrogen) atoms. The van der Waals surface area contributed by atoms with Gasteiger partial charge < -0.3 is 20.9 Å². The first-order valence-electron chi connectivity index (χ1n) is 7.32. The average Bonchev–Trinajstić information content (AvgIpc) is 3.03. The SMILES string of the molecule is CNC(=O)[C@H]1CCCN1C(=O)CNC(=O)Nc1ccc(Cl)cc1. The third kappa shape index (κ3) is 4.59. The number of hydrogen-bond acceptors (Lipinski definition) is 3. The molecule has 0 bridgehead atoms. The summed E-state index contributed by atoms with van der Waals surface area (Å²) in [6.07, 6.45) is 1.42. The Hall–Kier alpha value is -2.28. The summed E-state index contributed by atoms with van der Waals surface area (Å²) >= 11 is 5.76. The van der Waals surface area contributed by atoms with Gasteiger partial charge in [0.15, 0.2) is 0 Å². The van der Waals surface area contributed by atoms with Crippen LogP contribution < -0.4 is 16.0 Å². The summed E-state index contributed by atoms with van der Waals surface area (Å²) in [6, 6.07) is 5.68. The standard InChI is InChI=1S/C15H19ClN4O3/c1-17-14(22)12-3-2-8-20(12)13(21)9-18-15(23)19-11-6-4-10(16)5-7-11/h4-7,12H,2-3,8-9H2,1H3,(H,17,22)(H2,18,19,23)/t12-/m1/s1. The Morgan fingerprint density at radius 1 is 1.26 bits per heavy atom. The van der Waals surface area contributed by atoms with E-state index in [1.54, 1.807) is 31.3 Å². The number of urea groups is 1. The number of rotatable bonds is 4. The Kier molecular flexibility index (Phi) is 5.81. The smallest absolute Gasteiger partial charge is 0.319 e. The lowest BCUT2D eigenvalue weighted by atomic mass is 10.2. The number of hydrogen-bond donors (Lipinski definition) is 3. The number of nitrogens with one attached hydrogen (secondary N) is 3. The van der Waals surface area contributed by atoms with Crippen molar-refractivity contribution < 1.29 is 14.4 Å². The van der Waals surface area contributed by atoms with Gasteiger partial charge in [-0.15, -0.1) is 0 Å². The lowest BCUT2D eigenvalue weighted by molar-refractivity contribution is -0.137. The summed E-state index contributed by atoms with van der Waals surface area (Å²) < 4.78 is 0. The fraction of sp³-hybridized carbons (Fsp3) is 0.400. The van der Waals surface area contributed by atoms with Crippen LogP contribution >= 0.6 is 11.6 Å². The molecule has 8 heteroatoms. The van der Waals surface area contributed by atoms with Crippen LogP contribution in [0.25, 0.3) is 0 Å². The van der Waals surface area contributed by atoms with Crippen LogP contribution in [0, 0.1) is 0 Å². The molecule has 124 valence electrons. The maximum atomic E-state index is 12.2. The molecular weight excluding hydrogens is 320 g/mol. The fourth-order valence-electron chi connectivity index (χ4n) is 2.47. The molecule has 1 fully saturated rings. The minimum Gasteiger partial charge on any atom is -0.357 e. The number of halogens is 1. The summed E-state index contributed by atoms with van der Waals surface area (Å²) in [4.78, 5) is 37.2. The minimum absolute atomic E-state index is 0.160. The van der Waals surface area contributed by atoms with Crippen molar-refractivity contribution in [3.05, 3.63) is 29.3 Å². The number of likely N-dealkylation sites (tertiary alicyclic amines) is 1. The summed E-state index contributed by atoms with van der Waals surface area (Å²) in [5.74, 6) is -0.455. The van der Waals surface area contributed by atoms with Gasteiger partial charge in [-0.25, -0.2) is 4.79 Å². The van der Waals surface area contributed by atoms with E-state index in [0.29, 0.717) is 23.7 Å². The first kappa shape index (κ1) is 17.1. The highest BCUT2D eigenvalue weighted by Gasteiger charge is 2.33. The zero-order valence-corrected chi connectivity index (χ0v) is 13.5. The van der Waals surface area contributed by atoms with Crippen molar-refractivity contribution in [2.45, 2.75) is 18.9 Å². The minimum atomic E-state index is -0.489. The van der Waals surface area contributed by atoms with Crippen LogP contribution in [-0.4, -0.2) is 48.9 Å². The predicted molar refractivity (Wildman–Crippen MR) is 87.3 cm³/mol. The molecule has 4 amide bonds. The van der Waals surface area contributed by atoms with Crippen LogP contribution in [-0.2, 0) is 9.59 Å². The van der Waals surface area contributed by atoms with Crippen molar-refractivity contribution in [2.75, 3.05) is 25.5 Å². The van der Waals surface area contributed by atoms with Gasteiger partial charge in [-0.05, 0) is 37.1 Å². The quantitative estimate of drug-likeness (QED) is 0.770. The second-order valence-electron chi connectivity index (χ2n) is 5.17. The Morgan fingerprint density at radius 2 is 1.96 bits per heavy atom. The van der Waals surface area contributed by atoms with Crippen molar-refractivity contribution in [2.24, 2.45) is 0 Å². The van der Waals surface area contributed by atoms with Gasteiger partial charge in [0.25, 0.3) is 0 Å². The second kappa shape index (κ2) is 7.82. The van der Waals surface area contributed by atoms with Gasteiger partial charge in [-0.1, -0.05) is 11.6 Å². The number of nitrogens with zero attached hydrogens (tertiary/aromatic N) is 1. The molecule has 0 radical (unpaired) electrons. The van der Waals surface area contributed by atoms with Gasteiger partial charge in [0.05, 0.1) is 6.54 Å². The highest BCUT2D eigenvalue weighted by atomic mass is 35.5. The number of carbonyl (C=O) groups excluding carboxylic acids is 3. The Balaban J connectivity index is 1.82. The van der Waals surface area contributed by atoms with Crippen molar-refractivity contribution in [3.8, 4) is 0 Å². The number of carbonyl (C=O) groups is 3. The van der Waals surface area contributed by atoms with Gasteiger partial charge in [0.2, 0.25) is 11.8 Å². The van der Waals surface area contributed by atoms with Crippen LogP contribution in [0.5, 0.6) is 0 Å². The van der Waals surface area contributed by atoms with Crippen molar-refractivity contribution >= 4 is 35.1 Å². The third-order valence-electron chi connectivity index (χ3n) is 3.62. The highest BCUT2D eigenvalue weighted by Crippen LogP contribution is 2.17. The zero-order chi connectivity index (χ0) is 16.8. The summed E-state index contributed by atoms with van der Waals surface area (Å²) in [7, 11) is 1.54. The maximum Gasteiger partial charge on any atom is 0.319 e. The van der Waals surface area contributed by atoms with E-state index in [-0.39, 0.29) is 18.4 Å². The van der Waals surface area contributed by atoms with E-state index in [1.165, 1.54) is 4.90 Å². The molecule has 1 aliphatic heterocycles. The maximum absolute atomic E-state index is 12.2. The number of amides is 4. The van der Waals surface area contributed by atoms with Crippen LogP contribution in [0.4, 0.5) is 10.5 Å². The van der Waals surface area contributed by atoms with E-state index in [4.69, 9.17) is 11.6 Å². The largest absolute Gasteiger partial charge is 0.357 e. The first-order valence-corrected chi connectivity index (χ1v) is 7.70. The average molecular weight is 339 g/mol. The molecule has 0 unspecified atom stereocenters. The van der Waals surface area contributed by atoms with Gasteiger partial charge in [-0.2, -0.15) is 0 Å². The Bertz CT molecular complexity index is 591. The topological polar surface area (TPSA) is 90.5 Å². The molecule has 0 saturated carbocycles. The number of anilines is 1. The molecule has 1 saturated heterocycles. The molecule has 1 aliphatic rings. The molecule has 0 aliphatic carbocycles. The molecule has 7 nitrogen and oxygen atoms in total. The number of benzene rings is 1. The Morgan fingerprint density at radius 3 is 2.61 bits per heavy atom. The molecule has 1 atom stereocenters. The van der Waals surface area contributed by atoms with Gasteiger partial charge in [-0.3, -0.25) is 9.59 Å². The monoisotopic (exact) mass is 338 g/mol. The van der Waals surface area contributed by atoms with Gasteiger partial charge in [0, 0.05) is 24.3 Å². The van der Waals surface area contributed by atoms with Crippen LogP contribution in [0.15, 0.2) is 24.3 Å². The molecule has 3 N–H and O–H groups in total. The van der Waals surface area contributed by atoms with Crippen LogP contribution in [0.1, 0.15) is 12.8 Å². The van der Waals surface area contributed by atoms with Crippen LogP contribution in [0.2, 0.25) is 5.02 Å². The third-order valence-corrected chi connectivity index (χ3v) is 3.88. The fourth-order valence-corrected chi connectivity index (χ4v) is 2.60. The normalized spacial score (nSPS) is 16.8. The second-order valence-corrected chi connectivity index (χ2v) is 5.61. The summed E-state index contributed by atoms with van der Waals surface area (Å²) in [5, 5.41) is 8.22. The van der Waals surface area contributed by atoms with E-state index in [0.717, 1.165) is 6.42 Å². The predicted octanol–water partition coefficient (Wildman–Crippen LogP) is 1.20. The van der Waals surface area contributed by atoms with Crippen molar-refractivity contribution in [3.63, 3.8) is 0 Å². The first-order chi connectivity index (χ1) is 11.0. The van der Waals surface area contributed by atoms with Gasteiger partial charge >= 0.3 is 6.03 Å². The van der Waals surface area contributed by atoms with E-state index < -0.39 is 12.1 Å². The lowest BCUT2D eigenvalue weighted by Crippen LogP contribution is -2.48. The molecule has 0 aromatic heterocycles. The molecule has 0 spiro atoms. The molecular formula is C15H19ClN4O3. The summed E-state index contributed by atoms with van der Waals surface area (Å²) in [5.41, 5.74) is 0.573. The lowest BCUT2D eigenvalue weighted by Gasteiger charge is -2.23. The molecule has 2 rings (SSSR count). The van der Waals surface area contributed by atoms with Crippen molar-refractivity contribution in [1.29, 1.82) is 0 Å². The van der Waals surface area contributed by atoms with Crippen molar-refractivity contribution in [1.82, 2.24) is 15.5 Å². The van der Waals surface area contributed by atoms with E-state index >= 15 is 0 Å². The van der Waals surface area contributed by atoms with E-state index in [2.05, 4.69) is 16.0 Å². The summed E-state index contributed by atoms with van der Waals surface area (Å²) in [6.45, 7) is 0.365.